The molecule has 1 aromatic carbocycles. The highest BCUT2D eigenvalue weighted by molar-refractivity contribution is 5.81. The van der Waals surface area contributed by atoms with Crippen LogP contribution >= 0.6 is 0 Å². The lowest BCUT2D eigenvalue weighted by Gasteiger charge is -2.27. The smallest absolute Gasteiger partial charge is 0.171 e. The molecule has 2 rings (SSSR count). The van der Waals surface area contributed by atoms with Crippen molar-refractivity contribution in [3.05, 3.63) is 23.8 Å². The number of para-hydroxylation sites is 1. The first-order chi connectivity index (χ1) is 9.74. The number of likely N-dealkylation sites (N-methyl/N-ethyl adjacent to an activating group) is 1. The second-order valence-electron chi connectivity index (χ2n) is 5.30. The molecule has 0 unspecified atom stereocenters. The van der Waals surface area contributed by atoms with Gasteiger partial charge in [-0.3, -0.25) is 4.79 Å². The van der Waals surface area contributed by atoms with Gasteiger partial charge in [-0.1, -0.05) is 6.07 Å². The standard InChI is InChI=1S/C15H22N2O3/c1-16-6-8-17(9-7-16)10-11-20-15-13(12-18)4-3-5-14(15)19-2/h3-5,12H,6-11H2,1-2H3/p+2. The highest BCUT2D eigenvalue weighted by Gasteiger charge is 2.20. The Morgan fingerprint density at radius 1 is 1.25 bits per heavy atom. The zero-order valence-corrected chi connectivity index (χ0v) is 12.3. The van der Waals surface area contributed by atoms with Crippen LogP contribution in [0.5, 0.6) is 11.5 Å². The molecule has 0 amide bonds. The number of piperazine rings is 1. The van der Waals surface area contributed by atoms with E-state index < -0.39 is 0 Å². The number of hydrogen-bond acceptors (Lipinski definition) is 3. The number of aldehydes is 1. The monoisotopic (exact) mass is 280 g/mol. The quantitative estimate of drug-likeness (QED) is 0.611. The molecule has 1 fully saturated rings. The van der Waals surface area contributed by atoms with Gasteiger partial charge in [-0.15, -0.1) is 0 Å². The van der Waals surface area contributed by atoms with Crippen molar-refractivity contribution in [2.75, 3.05) is 53.5 Å². The predicted octanol–water partition coefficient (Wildman–Crippen LogP) is -1.70. The van der Waals surface area contributed by atoms with Gasteiger partial charge in [0.15, 0.2) is 17.8 Å². The number of nitrogens with one attached hydrogen (secondary N) is 2. The van der Waals surface area contributed by atoms with E-state index in [4.69, 9.17) is 9.47 Å². The first kappa shape index (κ1) is 14.8. The van der Waals surface area contributed by atoms with E-state index in [0.717, 1.165) is 12.8 Å². The van der Waals surface area contributed by atoms with Crippen LogP contribution < -0.4 is 19.3 Å². The van der Waals surface area contributed by atoms with Gasteiger partial charge >= 0.3 is 0 Å². The van der Waals surface area contributed by atoms with Gasteiger partial charge in [0.1, 0.15) is 39.3 Å². The highest BCUT2D eigenvalue weighted by Crippen LogP contribution is 2.29. The van der Waals surface area contributed by atoms with Crippen molar-refractivity contribution < 1.29 is 24.1 Å². The lowest BCUT2D eigenvalue weighted by atomic mass is 10.2. The van der Waals surface area contributed by atoms with E-state index in [2.05, 4.69) is 7.05 Å². The summed E-state index contributed by atoms with van der Waals surface area (Å²) in [6.45, 7) is 6.36. The predicted molar refractivity (Wildman–Crippen MR) is 76.1 cm³/mol. The van der Waals surface area contributed by atoms with Crippen LogP contribution in [-0.2, 0) is 0 Å². The Kier molecular flexibility index (Phi) is 5.38. The summed E-state index contributed by atoms with van der Waals surface area (Å²) >= 11 is 0. The molecule has 5 nitrogen and oxygen atoms in total. The molecule has 5 heteroatoms. The number of carbonyl (C=O) groups excluding carboxylic acids is 1. The summed E-state index contributed by atoms with van der Waals surface area (Å²) in [6, 6.07) is 5.36. The van der Waals surface area contributed by atoms with Crippen molar-refractivity contribution in [3.63, 3.8) is 0 Å². The summed E-state index contributed by atoms with van der Waals surface area (Å²) in [5, 5.41) is 0. The molecule has 1 aliphatic rings. The van der Waals surface area contributed by atoms with E-state index in [1.54, 1.807) is 29.0 Å². The molecule has 0 aliphatic carbocycles. The van der Waals surface area contributed by atoms with Gasteiger partial charge in [-0.05, 0) is 12.1 Å². The van der Waals surface area contributed by atoms with Gasteiger partial charge in [0.2, 0.25) is 0 Å². The van der Waals surface area contributed by atoms with Crippen molar-refractivity contribution in [2.24, 2.45) is 0 Å². The second-order valence-corrected chi connectivity index (χ2v) is 5.30. The first-order valence-corrected chi connectivity index (χ1v) is 7.14. The van der Waals surface area contributed by atoms with Gasteiger partial charge in [-0.25, -0.2) is 0 Å². The molecule has 0 spiro atoms. The lowest BCUT2D eigenvalue weighted by Crippen LogP contribution is -3.27. The van der Waals surface area contributed by atoms with Crippen LogP contribution in [0.15, 0.2) is 18.2 Å². The summed E-state index contributed by atoms with van der Waals surface area (Å²) in [5.74, 6) is 1.18. The zero-order valence-electron chi connectivity index (χ0n) is 12.3. The van der Waals surface area contributed by atoms with Crippen LogP contribution in [0.4, 0.5) is 0 Å². The minimum atomic E-state index is 0.544. The van der Waals surface area contributed by atoms with Gasteiger partial charge in [0.25, 0.3) is 0 Å². The van der Waals surface area contributed by atoms with Crippen LogP contribution in [0.1, 0.15) is 10.4 Å². The van der Waals surface area contributed by atoms with Crippen LogP contribution in [0.3, 0.4) is 0 Å². The minimum Gasteiger partial charge on any atom is -0.493 e. The highest BCUT2D eigenvalue weighted by atomic mass is 16.5. The molecule has 1 aliphatic heterocycles. The number of benzene rings is 1. The molecule has 110 valence electrons. The molecule has 0 aromatic heterocycles. The zero-order chi connectivity index (χ0) is 14.4. The topological polar surface area (TPSA) is 44.4 Å². The SMILES string of the molecule is COc1cccc(C=O)c1OCC[NH+]1CC[NH+](C)CC1. The Morgan fingerprint density at radius 3 is 2.65 bits per heavy atom. The van der Waals surface area contributed by atoms with E-state index in [1.807, 2.05) is 6.07 Å². The molecule has 1 heterocycles. The molecule has 0 bridgehead atoms. The van der Waals surface area contributed by atoms with Crippen molar-refractivity contribution in [3.8, 4) is 11.5 Å². The van der Waals surface area contributed by atoms with Crippen molar-refractivity contribution in [2.45, 2.75) is 0 Å². The molecule has 2 N–H and O–H groups in total. The number of rotatable bonds is 6. The van der Waals surface area contributed by atoms with E-state index in [-0.39, 0.29) is 0 Å². The van der Waals surface area contributed by atoms with Crippen LogP contribution in [0, 0.1) is 0 Å². The average molecular weight is 280 g/mol. The Bertz CT molecular complexity index is 443. The Morgan fingerprint density at radius 2 is 2.00 bits per heavy atom. The van der Waals surface area contributed by atoms with Gasteiger partial charge in [0.05, 0.1) is 19.7 Å². The fraction of sp³-hybridized carbons (Fsp3) is 0.533. The molecule has 1 aromatic rings. The maximum absolute atomic E-state index is 11.1. The van der Waals surface area contributed by atoms with Crippen LogP contribution in [-0.4, -0.2) is 59.8 Å². The lowest BCUT2D eigenvalue weighted by molar-refractivity contribution is -1.00. The second kappa shape index (κ2) is 7.26. The number of methoxy groups -OCH3 is 1. The number of ether oxygens (including phenoxy) is 2. The van der Waals surface area contributed by atoms with Crippen molar-refractivity contribution >= 4 is 6.29 Å². The van der Waals surface area contributed by atoms with Gasteiger partial charge in [-0.2, -0.15) is 0 Å². The van der Waals surface area contributed by atoms with Crippen LogP contribution in [0.25, 0.3) is 0 Å². The molecule has 0 saturated carbocycles. The third kappa shape index (κ3) is 3.71. The van der Waals surface area contributed by atoms with Crippen molar-refractivity contribution in [1.82, 2.24) is 0 Å². The molecular weight excluding hydrogens is 256 g/mol. The summed E-state index contributed by atoms with van der Waals surface area (Å²) in [5.41, 5.74) is 0.544. The molecule has 0 radical (unpaired) electrons. The third-order valence-corrected chi connectivity index (χ3v) is 3.87. The van der Waals surface area contributed by atoms with E-state index in [0.29, 0.717) is 23.7 Å². The largest absolute Gasteiger partial charge is 0.493 e. The molecular formula is C15H24N2O3+2. The number of carbonyl (C=O) groups is 1. The van der Waals surface area contributed by atoms with Gasteiger partial charge < -0.3 is 19.3 Å². The van der Waals surface area contributed by atoms with Gasteiger partial charge in [0, 0.05) is 0 Å². The van der Waals surface area contributed by atoms with E-state index >= 15 is 0 Å². The van der Waals surface area contributed by atoms with E-state index in [1.165, 1.54) is 26.2 Å². The fourth-order valence-electron chi connectivity index (χ4n) is 2.52. The van der Waals surface area contributed by atoms with Crippen molar-refractivity contribution in [1.29, 1.82) is 0 Å². The number of quaternary nitrogens is 2. The Labute approximate surface area is 120 Å². The Balaban J connectivity index is 1.89. The minimum absolute atomic E-state index is 0.544. The molecule has 20 heavy (non-hydrogen) atoms. The van der Waals surface area contributed by atoms with E-state index in [9.17, 15) is 4.79 Å². The number of hydrogen-bond donors (Lipinski definition) is 2. The maximum atomic E-state index is 11.1. The maximum Gasteiger partial charge on any atom is 0.171 e. The van der Waals surface area contributed by atoms with Crippen LogP contribution in [0.2, 0.25) is 0 Å². The third-order valence-electron chi connectivity index (χ3n) is 3.87. The summed E-state index contributed by atoms with van der Waals surface area (Å²) in [6.07, 6.45) is 0.809. The normalized spacial score (nSPS) is 22.3. The average Bonchev–Trinajstić information content (AvgIpc) is 2.49. The molecule has 0 atom stereocenters. The molecule has 1 saturated heterocycles. The summed E-state index contributed by atoms with van der Waals surface area (Å²) in [7, 11) is 3.82. The fourth-order valence-corrected chi connectivity index (χ4v) is 2.52. The first-order valence-electron chi connectivity index (χ1n) is 7.14. The Hall–Kier alpha value is -1.59. The summed E-state index contributed by atoms with van der Waals surface area (Å²) < 4.78 is 11.0. The summed E-state index contributed by atoms with van der Waals surface area (Å²) in [4.78, 5) is 14.2.